The molecule has 24 heavy (non-hydrogen) atoms. The van der Waals surface area contributed by atoms with Crippen LogP contribution in [0.25, 0.3) is 4.96 Å². The van der Waals surface area contributed by atoms with Crippen molar-refractivity contribution >= 4 is 21.4 Å². The van der Waals surface area contributed by atoms with Gasteiger partial charge in [0, 0.05) is 25.4 Å². The lowest BCUT2D eigenvalue weighted by atomic mass is 10.00. The summed E-state index contributed by atoms with van der Waals surface area (Å²) in [5, 5.41) is 5.26. The van der Waals surface area contributed by atoms with Gasteiger partial charge in [-0.2, -0.15) is 4.52 Å². The minimum absolute atomic E-state index is 0.141. The molecule has 3 heterocycles. The lowest BCUT2D eigenvalue weighted by Crippen LogP contribution is -2.30. The second-order valence-electron chi connectivity index (χ2n) is 5.81. The number of ether oxygens (including phenoxy) is 1. The summed E-state index contributed by atoms with van der Waals surface area (Å²) >= 11 is 1.45. The summed E-state index contributed by atoms with van der Waals surface area (Å²) in [4.78, 5) is 18.9. The van der Waals surface area contributed by atoms with E-state index in [-0.39, 0.29) is 5.56 Å². The molecule has 0 fully saturated rings. The van der Waals surface area contributed by atoms with Crippen molar-refractivity contribution < 1.29 is 4.74 Å². The molecule has 124 valence electrons. The average Bonchev–Trinajstić information content (AvgIpc) is 3.05. The first-order valence-corrected chi connectivity index (χ1v) is 8.90. The average molecular weight is 342 g/mol. The second-order valence-corrected chi connectivity index (χ2v) is 6.75. The molecule has 0 N–H and O–H groups in total. The van der Waals surface area contributed by atoms with Crippen LogP contribution in [-0.4, -0.2) is 27.7 Å². The molecule has 0 amide bonds. The van der Waals surface area contributed by atoms with Gasteiger partial charge in [0.2, 0.25) is 10.1 Å². The summed E-state index contributed by atoms with van der Waals surface area (Å²) in [6.07, 6.45) is 3.48. The van der Waals surface area contributed by atoms with E-state index in [9.17, 15) is 4.79 Å². The van der Waals surface area contributed by atoms with Gasteiger partial charge in [0.1, 0.15) is 5.75 Å². The third kappa shape index (κ3) is 2.75. The fraction of sp³-hybridized carbons (Fsp3) is 0.353. The lowest BCUT2D eigenvalue weighted by molar-refractivity contribution is 0.317. The Hall–Kier alpha value is -2.41. The fourth-order valence-corrected chi connectivity index (χ4v) is 3.77. The number of hydrogen-bond acceptors (Lipinski definition) is 6. The molecule has 4 rings (SSSR count). The monoisotopic (exact) mass is 342 g/mol. The van der Waals surface area contributed by atoms with Gasteiger partial charge in [-0.1, -0.05) is 24.3 Å². The van der Waals surface area contributed by atoms with E-state index in [0.29, 0.717) is 4.96 Å². The van der Waals surface area contributed by atoms with Gasteiger partial charge < -0.3 is 9.64 Å². The second kappa shape index (κ2) is 6.24. The van der Waals surface area contributed by atoms with Crippen LogP contribution >= 0.6 is 11.3 Å². The van der Waals surface area contributed by atoms with Crippen LogP contribution in [0.2, 0.25) is 0 Å². The molecule has 0 saturated heterocycles. The van der Waals surface area contributed by atoms with Crippen molar-refractivity contribution in [1.82, 2.24) is 14.6 Å². The van der Waals surface area contributed by atoms with Gasteiger partial charge in [0.15, 0.2) is 0 Å². The Bertz CT molecular complexity index is 934. The maximum absolute atomic E-state index is 11.8. The molecule has 2 aromatic heterocycles. The van der Waals surface area contributed by atoms with Crippen molar-refractivity contribution in [2.45, 2.75) is 26.3 Å². The van der Waals surface area contributed by atoms with Gasteiger partial charge in [0.25, 0.3) is 5.56 Å². The Morgan fingerprint density at radius 2 is 2.21 bits per heavy atom. The molecule has 7 heteroatoms. The van der Waals surface area contributed by atoms with Crippen LogP contribution in [0.3, 0.4) is 0 Å². The van der Waals surface area contributed by atoms with Crippen molar-refractivity contribution in [3.8, 4) is 5.75 Å². The first kappa shape index (κ1) is 15.1. The quantitative estimate of drug-likeness (QED) is 0.729. The summed E-state index contributed by atoms with van der Waals surface area (Å²) in [7, 11) is 0. The first-order valence-electron chi connectivity index (χ1n) is 8.09. The Labute approximate surface area is 143 Å². The maximum atomic E-state index is 11.8. The van der Waals surface area contributed by atoms with Crippen molar-refractivity contribution in [3.63, 3.8) is 0 Å². The topological polar surface area (TPSA) is 59.7 Å². The molecular formula is C17H18N4O2S. The van der Waals surface area contributed by atoms with E-state index >= 15 is 0 Å². The normalized spacial score (nSPS) is 14.0. The van der Waals surface area contributed by atoms with Gasteiger partial charge in [0.05, 0.1) is 6.61 Å². The molecule has 1 aromatic carbocycles. The van der Waals surface area contributed by atoms with Gasteiger partial charge in [-0.25, -0.2) is 4.98 Å². The van der Waals surface area contributed by atoms with E-state index in [2.05, 4.69) is 34.0 Å². The van der Waals surface area contributed by atoms with E-state index in [0.717, 1.165) is 43.4 Å². The minimum atomic E-state index is -0.141. The van der Waals surface area contributed by atoms with Crippen LogP contribution in [0.4, 0.5) is 5.13 Å². The van der Waals surface area contributed by atoms with Gasteiger partial charge in [-0.3, -0.25) is 4.79 Å². The highest BCUT2D eigenvalue weighted by Gasteiger charge is 2.20. The zero-order chi connectivity index (χ0) is 16.5. The molecule has 0 unspecified atom stereocenters. The van der Waals surface area contributed by atoms with Crippen molar-refractivity contribution in [2.24, 2.45) is 0 Å². The molecule has 1 aliphatic heterocycles. The first-order chi connectivity index (χ1) is 11.7. The number of rotatable bonds is 4. The molecule has 3 aromatic rings. The SMILES string of the molecule is CCCOc1ccc2c(c1)CCN(c1nn3c(=O)ccnc3s1)C2. The molecular weight excluding hydrogens is 324 g/mol. The van der Waals surface area contributed by atoms with E-state index in [1.807, 2.05) is 6.07 Å². The third-order valence-electron chi connectivity index (χ3n) is 4.09. The fourth-order valence-electron chi connectivity index (χ4n) is 2.86. The number of aromatic nitrogens is 3. The van der Waals surface area contributed by atoms with Crippen LogP contribution < -0.4 is 15.2 Å². The molecule has 0 saturated carbocycles. The predicted molar refractivity (Wildman–Crippen MR) is 94.1 cm³/mol. The number of hydrogen-bond donors (Lipinski definition) is 0. The van der Waals surface area contributed by atoms with Crippen molar-refractivity contribution in [1.29, 1.82) is 0 Å². The lowest BCUT2D eigenvalue weighted by Gasteiger charge is -2.28. The smallest absolute Gasteiger partial charge is 0.275 e. The van der Waals surface area contributed by atoms with Crippen molar-refractivity contribution in [2.75, 3.05) is 18.1 Å². The van der Waals surface area contributed by atoms with E-state index in [4.69, 9.17) is 4.74 Å². The van der Waals surface area contributed by atoms with Crippen LogP contribution in [-0.2, 0) is 13.0 Å². The van der Waals surface area contributed by atoms with E-state index in [1.54, 1.807) is 0 Å². The van der Waals surface area contributed by atoms with Gasteiger partial charge in [-0.05, 0) is 36.1 Å². The number of benzene rings is 1. The highest BCUT2D eigenvalue weighted by molar-refractivity contribution is 7.20. The molecule has 0 radical (unpaired) electrons. The summed E-state index contributed by atoms with van der Waals surface area (Å²) in [6, 6.07) is 7.74. The molecule has 6 nitrogen and oxygen atoms in total. The highest BCUT2D eigenvalue weighted by Crippen LogP contribution is 2.29. The van der Waals surface area contributed by atoms with Crippen LogP contribution in [0, 0.1) is 0 Å². The minimum Gasteiger partial charge on any atom is -0.494 e. The summed E-state index contributed by atoms with van der Waals surface area (Å²) in [6.45, 7) is 4.52. The molecule has 0 bridgehead atoms. The van der Waals surface area contributed by atoms with Crippen molar-refractivity contribution in [3.05, 3.63) is 51.9 Å². The predicted octanol–water partition coefficient (Wildman–Crippen LogP) is 2.50. The Morgan fingerprint density at radius 1 is 1.29 bits per heavy atom. The molecule has 0 spiro atoms. The maximum Gasteiger partial charge on any atom is 0.275 e. The Morgan fingerprint density at radius 3 is 3.04 bits per heavy atom. The third-order valence-corrected chi connectivity index (χ3v) is 5.08. The van der Waals surface area contributed by atoms with E-state index < -0.39 is 0 Å². The Balaban J connectivity index is 1.59. The molecule has 0 aliphatic carbocycles. The number of fused-ring (bicyclic) bond motifs is 2. The van der Waals surface area contributed by atoms with Crippen LogP contribution in [0.1, 0.15) is 24.5 Å². The number of anilines is 1. The standard InChI is InChI=1S/C17H18N4O2S/c1-2-9-23-14-4-3-13-11-20(8-6-12(13)10-14)17-19-21-15(22)5-7-18-16(21)24-17/h3-5,7,10H,2,6,8-9,11H2,1H3. The Kier molecular flexibility index (Phi) is 3.93. The zero-order valence-corrected chi connectivity index (χ0v) is 14.3. The highest BCUT2D eigenvalue weighted by atomic mass is 32.1. The largest absolute Gasteiger partial charge is 0.494 e. The summed E-state index contributed by atoms with van der Waals surface area (Å²) in [5.41, 5.74) is 2.47. The molecule has 0 atom stereocenters. The van der Waals surface area contributed by atoms with Gasteiger partial charge >= 0.3 is 0 Å². The number of nitrogens with zero attached hydrogens (tertiary/aromatic N) is 4. The zero-order valence-electron chi connectivity index (χ0n) is 13.4. The summed E-state index contributed by atoms with van der Waals surface area (Å²) < 4.78 is 7.09. The van der Waals surface area contributed by atoms with E-state index in [1.165, 1.54) is 39.2 Å². The summed E-state index contributed by atoms with van der Waals surface area (Å²) in [5.74, 6) is 0.944. The van der Waals surface area contributed by atoms with Crippen LogP contribution in [0.15, 0.2) is 35.3 Å². The van der Waals surface area contributed by atoms with Gasteiger partial charge in [-0.15, -0.1) is 5.10 Å². The van der Waals surface area contributed by atoms with Crippen LogP contribution in [0.5, 0.6) is 5.75 Å². The molecule has 1 aliphatic rings.